The first-order chi connectivity index (χ1) is 6.80. The highest BCUT2D eigenvalue weighted by Crippen LogP contribution is 2.40. The van der Waals surface area contributed by atoms with Gasteiger partial charge in [0.25, 0.3) is 0 Å². The lowest BCUT2D eigenvalue weighted by Gasteiger charge is -2.16. The average molecular weight is 260 g/mol. The molecule has 0 spiro atoms. The molecule has 0 radical (unpaired) electrons. The SMILES string of the molecule is O=C(O)CC(c1cnc(Cl)s1)C(F)(F)F. The van der Waals surface area contributed by atoms with Gasteiger partial charge in [-0.2, -0.15) is 13.2 Å². The molecule has 0 aliphatic heterocycles. The third kappa shape index (κ3) is 3.35. The highest BCUT2D eigenvalue weighted by molar-refractivity contribution is 7.15. The lowest BCUT2D eigenvalue weighted by Crippen LogP contribution is -2.22. The van der Waals surface area contributed by atoms with E-state index in [9.17, 15) is 18.0 Å². The zero-order valence-electron chi connectivity index (χ0n) is 7.08. The van der Waals surface area contributed by atoms with Crippen LogP contribution in [0.1, 0.15) is 17.2 Å². The van der Waals surface area contributed by atoms with Crippen LogP contribution >= 0.6 is 22.9 Å². The molecule has 3 nitrogen and oxygen atoms in total. The van der Waals surface area contributed by atoms with Gasteiger partial charge in [-0.05, 0) is 0 Å². The number of aromatic nitrogens is 1. The first kappa shape index (κ1) is 12.3. The summed E-state index contributed by atoms with van der Waals surface area (Å²) in [6.07, 6.45) is -4.66. The minimum Gasteiger partial charge on any atom is -0.481 e. The second-order valence-corrected chi connectivity index (χ2v) is 4.35. The fraction of sp³-hybridized carbons (Fsp3) is 0.429. The number of alkyl halides is 3. The summed E-state index contributed by atoms with van der Waals surface area (Å²) in [5.41, 5.74) is 0. The van der Waals surface area contributed by atoms with E-state index in [0.717, 1.165) is 6.20 Å². The number of rotatable bonds is 3. The molecular weight excluding hydrogens is 255 g/mol. The van der Waals surface area contributed by atoms with Gasteiger partial charge in [0, 0.05) is 11.1 Å². The lowest BCUT2D eigenvalue weighted by molar-refractivity contribution is -0.162. The number of carboxylic acids is 1. The molecule has 15 heavy (non-hydrogen) atoms. The molecule has 1 aromatic heterocycles. The number of halogens is 4. The third-order valence-electron chi connectivity index (χ3n) is 1.61. The molecule has 0 bridgehead atoms. The van der Waals surface area contributed by atoms with E-state index >= 15 is 0 Å². The molecule has 0 aliphatic rings. The Morgan fingerprint density at radius 3 is 2.60 bits per heavy atom. The summed E-state index contributed by atoms with van der Waals surface area (Å²) in [6.45, 7) is 0. The van der Waals surface area contributed by atoms with Crippen LogP contribution in [-0.4, -0.2) is 22.2 Å². The van der Waals surface area contributed by atoms with E-state index in [1.807, 2.05) is 0 Å². The summed E-state index contributed by atoms with van der Waals surface area (Å²) in [4.78, 5) is 13.6. The Bertz CT molecular complexity index is 365. The van der Waals surface area contributed by atoms with E-state index in [1.54, 1.807) is 0 Å². The molecule has 0 fully saturated rings. The van der Waals surface area contributed by atoms with Gasteiger partial charge in [-0.1, -0.05) is 11.6 Å². The Balaban J connectivity index is 2.96. The standard InChI is InChI=1S/C7H5ClF3NO2S/c8-6-12-2-4(15-6)3(1-5(13)14)7(9,10)11/h2-3H,1H2,(H,13,14). The van der Waals surface area contributed by atoms with Gasteiger partial charge in [-0.15, -0.1) is 11.3 Å². The largest absolute Gasteiger partial charge is 0.481 e. The van der Waals surface area contributed by atoms with Crippen LogP contribution in [0.4, 0.5) is 13.2 Å². The van der Waals surface area contributed by atoms with Crippen LogP contribution < -0.4 is 0 Å². The van der Waals surface area contributed by atoms with Crippen molar-refractivity contribution in [1.82, 2.24) is 4.98 Å². The maximum Gasteiger partial charge on any atom is 0.397 e. The Morgan fingerprint density at radius 2 is 2.27 bits per heavy atom. The number of nitrogens with zero attached hydrogens (tertiary/aromatic N) is 1. The molecule has 1 aromatic rings. The van der Waals surface area contributed by atoms with Gasteiger partial charge in [-0.25, -0.2) is 4.98 Å². The average Bonchev–Trinajstić information content (AvgIpc) is 2.45. The number of aliphatic carboxylic acids is 1. The molecule has 1 unspecified atom stereocenters. The molecule has 0 saturated carbocycles. The molecule has 1 rings (SSSR count). The van der Waals surface area contributed by atoms with Gasteiger partial charge in [0.05, 0.1) is 6.42 Å². The maximum absolute atomic E-state index is 12.4. The number of carboxylic acid groups (broad SMARTS) is 1. The van der Waals surface area contributed by atoms with Gasteiger partial charge in [0.2, 0.25) is 0 Å². The van der Waals surface area contributed by atoms with Crippen molar-refractivity contribution >= 4 is 28.9 Å². The van der Waals surface area contributed by atoms with Crippen LogP contribution in [-0.2, 0) is 4.79 Å². The summed E-state index contributed by atoms with van der Waals surface area (Å²) in [5, 5.41) is 8.37. The molecule has 1 heterocycles. The molecule has 0 saturated heterocycles. The minimum absolute atomic E-state index is 0.0374. The van der Waals surface area contributed by atoms with Gasteiger partial charge >= 0.3 is 12.1 Å². The molecular formula is C7H5ClF3NO2S. The fourth-order valence-electron chi connectivity index (χ4n) is 0.978. The quantitative estimate of drug-likeness (QED) is 0.908. The Morgan fingerprint density at radius 1 is 1.67 bits per heavy atom. The van der Waals surface area contributed by atoms with E-state index in [4.69, 9.17) is 16.7 Å². The van der Waals surface area contributed by atoms with E-state index < -0.39 is 24.5 Å². The van der Waals surface area contributed by atoms with Crippen molar-refractivity contribution in [1.29, 1.82) is 0 Å². The van der Waals surface area contributed by atoms with Crippen LogP contribution in [0.5, 0.6) is 0 Å². The molecule has 8 heteroatoms. The van der Waals surface area contributed by atoms with E-state index in [1.165, 1.54) is 0 Å². The number of hydrogen-bond donors (Lipinski definition) is 1. The summed E-state index contributed by atoms with van der Waals surface area (Å²) in [5.74, 6) is -3.55. The van der Waals surface area contributed by atoms with E-state index in [0.29, 0.717) is 11.3 Å². The monoisotopic (exact) mass is 259 g/mol. The van der Waals surface area contributed by atoms with Crippen LogP contribution in [0.3, 0.4) is 0 Å². The Labute approximate surface area is 91.5 Å². The summed E-state index contributed by atoms with van der Waals surface area (Å²) >= 11 is 6.02. The number of hydrogen-bond acceptors (Lipinski definition) is 3. The summed E-state index contributed by atoms with van der Waals surface area (Å²) < 4.78 is 37.3. The van der Waals surface area contributed by atoms with E-state index in [2.05, 4.69) is 4.98 Å². The maximum atomic E-state index is 12.4. The van der Waals surface area contributed by atoms with Crippen molar-refractivity contribution < 1.29 is 23.1 Å². The second-order valence-electron chi connectivity index (χ2n) is 2.71. The summed E-state index contributed by atoms with van der Waals surface area (Å²) in [7, 11) is 0. The van der Waals surface area contributed by atoms with Gasteiger partial charge < -0.3 is 5.11 Å². The Hall–Kier alpha value is -0.820. The van der Waals surface area contributed by atoms with Crippen LogP contribution in [0, 0.1) is 0 Å². The highest BCUT2D eigenvalue weighted by Gasteiger charge is 2.43. The molecule has 0 aliphatic carbocycles. The zero-order chi connectivity index (χ0) is 11.6. The summed E-state index contributed by atoms with van der Waals surface area (Å²) in [6, 6.07) is 0. The van der Waals surface area contributed by atoms with Crippen molar-refractivity contribution in [2.75, 3.05) is 0 Å². The predicted octanol–water partition coefficient (Wildman–Crippen LogP) is 2.92. The first-order valence-corrected chi connectivity index (χ1v) is 4.90. The molecule has 0 amide bonds. The highest BCUT2D eigenvalue weighted by atomic mass is 35.5. The number of carbonyl (C=O) groups is 1. The van der Waals surface area contributed by atoms with Crippen LogP contribution in [0.25, 0.3) is 0 Å². The smallest absolute Gasteiger partial charge is 0.397 e. The van der Waals surface area contributed by atoms with Gasteiger partial charge in [0.1, 0.15) is 5.92 Å². The third-order valence-corrected chi connectivity index (χ3v) is 2.84. The normalized spacial score (nSPS) is 13.9. The van der Waals surface area contributed by atoms with Crippen LogP contribution in [0.2, 0.25) is 4.47 Å². The van der Waals surface area contributed by atoms with E-state index in [-0.39, 0.29) is 9.34 Å². The zero-order valence-corrected chi connectivity index (χ0v) is 8.66. The van der Waals surface area contributed by atoms with Gasteiger partial charge in [0.15, 0.2) is 4.47 Å². The molecule has 84 valence electrons. The topological polar surface area (TPSA) is 50.2 Å². The van der Waals surface area contributed by atoms with Crippen molar-refractivity contribution in [2.45, 2.75) is 18.5 Å². The first-order valence-electron chi connectivity index (χ1n) is 3.70. The van der Waals surface area contributed by atoms with Crippen molar-refractivity contribution in [3.05, 3.63) is 15.5 Å². The minimum atomic E-state index is -4.60. The van der Waals surface area contributed by atoms with Crippen molar-refractivity contribution in [2.24, 2.45) is 0 Å². The molecule has 0 aromatic carbocycles. The number of thiazole rings is 1. The predicted molar refractivity (Wildman–Crippen MR) is 48.2 cm³/mol. The molecule has 1 N–H and O–H groups in total. The second kappa shape index (κ2) is 4.36. The van der Waals surface area contributed by atoms with Crippen molar-refractivity contribution in [3.8, 4) is 0 Å². The Kier molecular flexibility index (Phi) is 3.56. The molecule has 1 atom stereocenters. The lowest BCUT2D eigenvalue weighted by atomic mass is 10.0. The van der Waals surface area contributed by atoms with Gasteiger partial charge in [-0.3, -0.25) is 4.79 Å². The van der Waals surface area contributed by atoms with Crippen molar-refractivity contribution in [3.63, 3.8) is 0 Å². The van der Waals surface area contributed by atoms with Crippen LogP contribution in [0.15, 0.2) is 6.20 Å². The fourth-order valence-corrected chi connectivity index (χ4v) is 2.06.